The molecule has 0 aliphatic carbocycles. The van der Waals surface area contributed by atoms with Gasteiger partial charge in [0.25, 0.3) is 0 Å². The van der Waals surface area contributed by atoms with Crippen LogP contribution in [0.5, 0.6) is 17.2 Å². The van der Waals surface area contributed by atoms with Crippen molar-refractivity contribution in [3.8, 4) is 17.2 Å². The fraction of sp³-hybridized carbons (Fsp3) is 0.179. The Hall–Kier alpha value is -3.99. The fourth-order valence-corrected chi connectivity index (χ4v) is 4.24. The van der Waals surface area contributed by atoms with Gasteiger partial charge in [-0.05, 0) is 61.4 Å². The molecule has 0 atom stereocenters. The van der Waals surface area contributed by atoms with Crippen molar-refractivity contribution in [1.29, 1.82) is 0 Å². The molecule has 0 bridgehead atoms. The zero-order valence-corrected chi connectivity index (χ0v) is 19.1. The summed E-state index contributed by atoms with van der Waals surface area (Å²) < 4.78 is 19.6. The van der Waals surface area contributed by atoms with Gasteiger partial charge in [-0.1, -0.05) is 24.3 Å². The van der Waals surface area contributed by atoms with E-state index in [2.05, 4.69) is 19.1 Å². The molecule has 0 spiro atoms. The number of methoxy groups -OCH3 is 1. The highest BCUT2D eigenvalue weighted by molar-refractivity contribution is 6.15. The number of ketones is 1. The molecule has 1 aliphatic heterocycles. The van der Waals surface area contributed by atoms with E-state index in [1.807, 2.05) is 61.1 Å². The Morgan fingerprint density at radius 1 is 1.06 bits per heavy atom. The van der Waals surface area contributed by atoms with E-state index in [1.54, 1.807) is 19.3 Å². The van der Waals surface area contributed by atoms with Gasteiger partial charge >= 0.3 is 0 Å². The van der Waals surface area contributed by atoms with Gasteiger partial charge in [0.2, 0.25) is 5.78 Å². The van der Waals surface area contributed by atoms with Gasteiger partial charge in [-0.3, -0.25) is 4.79 Å². The first-order valence-electron chi connectivity index (χ1n) is 10.8. The van der Waals surface area contributed by atoms with Crippen molar-refractivity contribution in [1.82, 2.24) is 4.57 Å². The van der Waals surface area contributed by atoms with E-state index in [1.165, 1.54) is 5.56 Å². The van der Waals surface area contributed by atoms with Crippen LogP contribution in [0.1, 0.15) is 32.6 Å². The van der Waals surface area contributed by atoms with Crippen LogP contribution in [0.25, 0.3) is 17.0 Å². The Balaban J connectivity index is 1.45. The predicted molar refractivity (Wildman–Crippen MR) is 129 cm³/mol. The molecule has 4 aromatic rings. The smallest absolute Gasteiger partial charge is 0.231 e. The molecule has 2 heterocycles. The van der Waals surface area contributed by atoms with Crippen LogP contribution in [0.4, 0.5) is 0 Å². The van der Waals surface area contributed by atoms with Crippen LogP contribution in [0, 0.1) is 13.8 Å². The number of aryl methyl sites for hydroxylation is 2. The van der Waals surface area contributed by atoms with Crippen molar-refractivity contribution in [3.63, 3.8) is 0 Å². The highest BCUT2D eigenvalue weighted by atomic mass is 16.5. The van der Waals surface area contributed by atoms with Crippen LogP contribution < -0.4 is 14.2 Å². The molecule has 1 aromatic heterocycles. The lowest BCUT2D eigenvalue weighted by Gasteiger charge is -2.12. The topological polar surface area (TPSA) is 49.7 Å². The summed E-state index contributed by atoms with van der Waals surface area (Å²) in [5, 5.41) is 0.996. The summed E-state index contributed by atoms with van der Waals surface area (Å²) in [6.07, 6.45) is 3.79. The number of fused-ring (bicyclic) bond motifs is 2. The summed E-state index contributed by atoms with van der Waals surface area (Å²) in [6, 6.07) is 17.7. The van der Waals surface area contributed by atoms with Crippen LogP contribution in [0.2, 0.25) is 0 Å². The lowest BCUT2D eigenvalue weighted by molar-refractivity contribution is 0.101. The van der Waals surface area contributed by atoms with Crippen molar-refractivity contribution in [2.24, 2.45) is 7.05 Å². The number of Topliss-reactive ketones (excluding diaryl/α,β-unsaturated/α-hetero) is 1. The molecule has 0 amide bonds. The maximum absolute atomic E-state index is 13.1. The van der Waals surface area contributed by atoms with Gasteiger partial charge in [0.05, 0.1) is 12.7 Å². The molecule has 5 rings (SSSR count). The van der Waals surface area contributed by atoms with Gasteiger partial charge in [-0.25, -0.2) is 0 Å². The maximum atomic E-state index is 13.1. The van der Waals surface area contributed by atoms with Crippen molar-refractivity contribution in [2.75, 3.05) is 7.11 Å². The minimum atomic E-state index is -0.126. The number of carbonyl (C=O) groups excluding carboxylic acids is 1. The van der Waals surface area contributed by atoms with E-state index in [0.717, 1.165) is 33.3 Å². The molecule has 0 saturated heterocycles. The lowest BCUT2D eigenvalue weighted by Crippen LogP contribution is -2.00. The Bertz CT molecular complexity index is 1430. The van der Waals surface area contributed by atoms with Gasteiger partial charge in [-0.2, -0.15) is 0 Å². The third-order valence-corrected chi connectivity index (χ3v) is 6.20. The molecular weight excluding hydrogens is 414 g/mol. The van der Waals surface area contributed by atoms with Gasteiger partial charge < -0.3 is 18.8 Å². The summed E-state index contributed by atoms with van der Waals surface area (Å²) in [5.41, 5.74) is 5.63. The van der Waals surface area contributed by atoms with Crippen LogP contribution in [-0.4, -0.2) is 17.5 Å². The molecule has 0 fully saturated rings. The number of hydrogen-bond donors (Lipinski definition) is 0. The maximum Gasteiger partial charge on any atom is 0.231 e. The van der Waals surface area contributed by atoms with Gasteiger partial charge in [0.1, 0.15) is 23.9 Å². The number of hydrogen-bond acceptors (Lipinski definition) is 4. The van der Waals surface area contributed by atoms with Crippen molar-refractivity contribution >= 4 is 22.8 Å². The van der Waals surface area contributed by atoms with E-state index in [4.69, 9.17) is 14.2 Å². The number of nitrogens with zero attached hydrogens (tertiary/aromatic N) is 1. The predicted octanol–water partition coefficient (Wildman–Crippen LogP) is 6.00. The number of ether oxygens (including phenoxy) is 3. The molecule has 5 nitrogen and oxygen atoms in total. The second-order valence-electron chi connectivity index (χ2n) is 8.30. The quantitative estimate of drug-likeness (QED) is 0.358. The number of aromatic nitrogens is 1. The largest absolute Gasteiger partial charge is 0.497 e. The van der Waals surface area contributed by atoms with Crippen LogP contribution in [0.3, 0.4) is 0 Å². The van der Waals surface area contributed by atoms with Gasteiger partial charge in [-0.15, -0.1) is 0 Å². The third kappa shape index (κ3) is 3.65. The highest BCUT2D eigenvalue weighted by Gasteiger charge is 2.30. The average molecular weight is 440 g/mol. The normalized spacial score (nSPS) is 13.9. The van der Waals surface area contributed by atoms with Crippen LogP contribution >= 0.6 is 0 Å². The zero-order valence-electron chi connectivity index (χ0n) is 19.1. The molecule has 0 unspecified atom stereocenters. The minimum absolute atomic E-state index is 0.126. The van der Waals surface area contributed by atoms with Crippen LogP contribution in [0.15, 0.2) is 66.6 Å². The summed E-state index contributed by atoms with van der Waals surface area (Å²) in [7, 11) is 3.62. The third-order valence-electron chi connectivity index (χ3n) is 6.20. The fourth-order valence-electron chi connectivity index (χ4n) is 4.24. The van der Waals surface area contributed by atoms with Crippen LogP contribution in [-0.2, 0) is 13.7 Å². The van der Waals surface area contributed by atoms with E-state index in [0.29, 0.717) is 29.4 Å². The molecule has 0 saturated carbocycles. The molecule has 0 N–H and O–H groups in total. The first-order valence-corrected chi connectivity index (χ1v) is 10.8. The first kappa shape index (κ1) is 20.9. The zero-order chi connectivity index (χ0) is 23.1. The van der Waals surface area contributed by atoms with Crippen molar-refractivity contribution < 1.29 is 19.0 Å². The second kappa shape index (κ2) is 8.17. The Morgan fingerprint density at radius 2 is 1.88 bits per heavy atom. The average Bonchev–Trinajstić information content (AvgIpc) is 3.31. The number of carbonyl (C=O) groups is 1. The Labute approximate surface area is 192 Å². The van der Waals surface area contributed by atoms with Gasteiger partial charge in [0, 0.05) is 35.3 Å². The Morgan fingerprint density at radius 3 is 2.67 bits per heavy atom. The molecule has 0 radical (unpaired) electrons. The molecule has 166 valence electrons. The number of allylic oxidation sites excluding steroid dienone is 1. The first-order chi connectivity index (χ1) is 16.0. The summed E-state index contributed by atoms with van der Waals surface area (Å²) >= 11 is 0. The summed E-state index contributed by atoms with van der Waals surface area (Å²) in [6.45, 7) is 4.45. The van der Waals surface area contributed by atoms with Gasteiger partial charge in [0.15, 0.2) is 5.76 Å². The molecule has 1 aliphatic rings. The molecular formula is C28H25NO4. The standard InChI is InChI=1S/C28H25NO4/c1-17-7-5-6-8-19(17)16-32-25-12-10-22-27(30)26(33-28(22)18(25)2)13-20-15-29(3)24-11-9-21(31-4)14-23(20)24/h5-15H,16H2,1-4H3/b26-13-. The highest BCUT2D eigenvalue weighted by Crippen LogP contribution is 2.40. The SMILES string of the molecule is COc1ccc2c(c1)c(/C=C1\Oc3c(ccc(OCc4ccccc4C)c3C)C1=O)cn2C. The van der Waals surface area contributed by atoms with E-state index in [-0.39, 0.29) is 5.78 Å². The Kier molecular flexibility index (Phi) is 5.17. The summed E-state index contributed by atoms with van der Waals surface area (Å²) in [5.74, 6) is 2.21. The number of rotatable bonds is 5. The number of benzene rings is 3. The molecule has 5 heteroatoms. The van der Waals surface area contributed by atoms with E-state index in [9.17, 15) is 4.79 Å². The molecule has 3 aromatic carbocycles. The minimum Gasteiger partial charge on any atom is -0.497 e. The van der Waals surface area contributed by atoms with E-state index < -0.39 is 0 Å². The van der Waals surface area contributed by atoms with Crippen molar-refractivity contribution in [3.05, 3.63) is 94.4 Å². The molecule has 33 heavy (non-hydrogen) atoms. The monoisotopic (exact) mass is 439 g/mol. The van der Waals surface area contributed by atoms with E-state index >= 15 is 0 Å². The lowest BCUT2D eigenvalue weighted by atomic mass is 10.1. The van der Waals surface area contributed by atoms with Crippen molar-refractivity contribution in [2.45, 2.75) is 20.5 Å². The second-order valence-corrected chi connectivity index (χ2v) is 8.30. The summed E-state index contributed by atoms with van der Waals surface area (Å²) in [4.78, 5) is 13.1.